The second kappa shape index (κ2) is 8.93. The molecule has 0 saturated carbocycles. The van der Waals surface area contributed by atoms with Crippen LogP contribution < -0.4 is 10.9 Å². The Labute approximate surface area is 198 Å². The van der Waals surface area contributed by atoms with E-state index in [-0.39, 0.29) is 17.0 Å². The topological polar surface area (TPSA) is 92.9 Å². The van der Waals surface area contributed by atoms with E-state index in [2.05, 4.69) is 41.3 Å². The molecular formula is C27H27N5O2. The third-order valence-corrected chi connectivity index (χ3v) is 6.62. The lowest BCUT2D eigenvalue weighted by Crippen LogP contribution is -2.53. The van der Waals surface area contributed by atoms with E-state index >= 15 is 0 Å². The van der Waals surface area contributed by atoms with Crippen LogP contribution in [0, 0.1) is 0 Å². The number of benzene rings is 2. The molecule has 34 heavy (non-hydrogen) atoms. The number of hydrogen-bond donors (Lipinski definition) is 2. The Balaban J connectivity index is 1.46. The zero-order valence-electron chi connectivity index (χ0n) is 19.2. The van der Waals surface area contributed by atoms with Crippen molar-refractivity contribution >= 4 is 0 Å². The van der Waals surface area contributed by atoms with Gasteiger partial charge in [-0.15, -0.1) is 0 Å². The average molecular weight is 454 g/mol. The second-order valence-electron chi connectivity index (χ2n) is 9.21. The van der Waals surface area contributed by atoms with Gasteiger partial charge in [0.15, 0.2) is 0 Å². The maximum Gasteiger partial charge on any atom is 0.255 e. The summed E-state index contributed by atoms with van der Waals surface area (Å²) in [6, 6.07) is 21.4. The second-order valence-corrected chi connectivity index (χ2v) is 9.21. The summed E-state index contributed by atoms with van der Waals surface area (Å²) in [6.07, 6.45) is 2.79. The van der Waals surface area contributed by atoms with Crippen LogP contribution >= 0.6 is 0 Å². The number of hydrogen-bond acceptors (Lipinski definition) is 6. The molecule has 1 aliphatic rings. The first-order valence-corrected chi connectivity index (χ1v) is 11.4. The fraction of sp³-hybridized carbons (Fsp3) is 0.259. The summed E-state index contributed by atoms with van der Waals surface area (Å²) in [5.41, 5.74) is 3.68. The fourth-order valence-electron chi connectivity index (χ4n) is 4.54. The number of nitrogens with one attached hydrogen (secondary N) is 1. The van der Waals surface area contributed by atoms with Crippen LogP contribution in [0.5, 0.6) is 0 Å². The van der Waals surface area contributed by atoms with E-state index in [1.54, 1.807) is 16.8 Å². The average Bonchev–Trinajstić information content (AvgIpc) is 2.86. The molecule has 1 aliphatic heterocycles. The van der Waals surface area contributed by atoms with Crippen LogP contribution in [-0.4, -0.2) is 30.2 Å². The molecule has 7 nitrogen and oxygen atoms in total. The smallest absolute Gasteiger partial charge is 0.255 e. The minimum Gasteiger partial charge on any atom is -0.388 e. The number of fused-ring (bicyclic) bond motifs is 1. The minimum atomic E-state index is -0.706. The van der Waals surface area contributed by atoms with Crippen molar-refractivity contribution in [2.24, 2.45) is 0 Å². The van der Waals surface area contributed by atoms with Gasteiger partial charge >= 0.3 is 0 Å². The molecule has 1 unspecified atom stereocenters. The minimum absolute atomic E-state index is 0.145. The van der Waals surface area contributed by atoms with Gasteiger partial charge in [0.25, 0.3) is 5.56 Å². The van der Waals surface area contributed by atoms with Gasteiger partial charge in [0.2, 0.25) is 0 Å². The lowest BCUT2D eigenvalue weighted by molar-refractivity contribution is 0.119. The predicted octanol–water partition coefficient (Wildman–Crippen LogP) is 3.91. The van der Waals surface area contributed by atoms with Crippen molar-refractivity contribution in [1.29, 1.82) is 0 Å². The van der Waals surface area contributed by atoms with E-state index in [4.69, 9.17) is 4.98 Å². The summed E-state index contributed by atoms with van der Waals surface area (Å²) in [4.78, 5) is 26.0. The monoisotopic (exact) mass is 453 g/mol. The van der Waals surface area contributed by atoms with Crippen molar-refractivity contribution in [1.82, 2.24) is 24.8 Å². The van der Waals surface area contributed by atoms with Crippen LogP contribution in [0.15, 0.2) is 84.0 Å². The molecule has 0 aliphatic carbocycles. The number of rotatable bonds is 5. The lowest BCUT2D eigenvalue weighted by Gasteiger charge is -2.41. The molecule has 0 spiro atoms. The van der Waals surface area contributed by atoms with Gasteiger partial charge in [-0.3, -0.25) is 14.7 Å². The quantitative estimate of drug-likeness (QED) is 0.476. The summed E-state index contributed by atoms with van der Waals surface area (Å²) in [7, 11) is 0. The van der Waals surface area contributed by atoms with Crippen molar-refractivity contribution in [3.05, 3.63) is 101 Å². The van der Waals surface area contributed by atoms with Crippen molar-refractivity contribution in [2.75, 3.05) is 0 Å². The van der Waals surface area contributed by atoms with Crippen LogP contribution in [0.4, 0.5) is 0 Å². The molecule has 0 fully saturated rings. The van der Waals surface area contributed by atoms with Gasteiger partial charge in [-0.2, -0.15) is 0 Å². The number of aliphatic hydroxyl groups is 1. The van der Waals surface area contributed by atoms with Crippen LogP contribution in [0.3, 0.4) is 0 Å². The molecule has 7 heteroatoms. The Hall–Kier alpha value is -3.68. The van der Waals surface area contributed by atoms with E-state index in [0.717, 1.165) is 16.7 Å². The first-order valence-electron chi connectivity index (χ1n) is 11.4. The van der Waals surface area contributed by atoms with Gasteiger partial charge in [-0.05, 0) is 43.0 Å². The van der Waals surface area contributed by atoms with Crippen LogP contribution in [0.25, 0.3) is 22.5 Å². The van der Waals surface area contributed by atoms with Gasteiger partial charge in [-0.25, -0.2) is 15.0 Å². The maximum atomic E-state index is 12.9. The molecule has 3 heterocycles. The fourth-order valence-corrected chi connectivity index (χ4v) is 4.54. The normalized spacial score (nSPS) is 17.7. The Morgan fingerprint density at radius 3 is 2.50 bits per heavy atom. The third kappa shape index (κ3) is 4.27. The summed E-state index contributed by atoms with van der Waals surface area (Å²) in [6.45, 7) is 4.53. The van der Waals surface area contributed by atoms with Gasteiger partial charge in [0.1, 0.15) is 12.2 Å². The highest BCUT2D eigenvalue weighted by Gasteiger charge is 2.39. The summed E-state index contributed by atoms with van der Waals surface area (Å²) >= 11 is 0. The zero-order valence-corrected chi connectivity index (χ0v) is 19.2. The van der Waals surface area contributed by atoms with Gasteiger partial charge in [-0.1, -0.05) is 54.6 Å². The van der Waals surface area contributed by atoms with E-state index in [1.165, 1.54) is 12.4 Å². The van der Waals surface area contributed by atoms with Crippen molar-refractivity contribution < 1.29 is 5.11 Å². The molecule has 0 amide bonds. The molecule has 0 saturated heterocycles. The number of aliphatic hydroxyl groups excluding tert-OH is 1. The maximum absolute atomic E-state index is 12.9. The van der Waals surface area contributed by atoms with E-state index < -0.39 is 6.10 Å². The van der Waals surface area contributed by atoms with Crippen molar-refractivity contribution in [3.63, 3.8) is 0 Å². The molecule has 172 valence electrons. The third-order valence-electron chi connectivity index (χ3n) is 6.62. The van der Waals surface area contributed by atoms with Crippen LogP contribution in [0.1, 0.15) is 43.7 Å². The highest BCUT2D eigenvalue weighted by molar-refractivity contribution is 5.63. The Bertz CT molecular complexity index is 1340. The Kier molecular flexibility index (Phi) is 5.81. The summed E-state index contributed by atoms with van der Waals surface area (Å²) in [5.74, 6) is 0.462. The molecule has 2 N–H and O–H groups in total. The van der Waals surface area contributed by atoms with Crippen LogP contribution in [0.2, 0.25) is 0 Å². The first kappa shape index (κ1) is 22.1. The van der Waals surface area contributed by atoms with Gasteiger partial charge < -0.3 is 5.11 Å². The summed E-state index contributed by atoms with van der Waals surface area (Å²) in [5, 5.41) is 14.6. The Morgan fingerprint density at radius 1 is 1.06 bits per heavy atom. The van der Waals surface area contributed by atoms with E-state index in [0.29, 0.717) is 30.3 Å². The molecule has 5 rings (SSSR count). The SMILES string of the molecule is CC1(C)NCn2c(nc(-c3ccncn3)cc2=O)C1C[C@H](O)c1ccc(-c2ccccc2)cc1. The first-order chi connectivity index (χ1) is 16.4. The van der Waals surface area contributed by atoms with E-state index in [9.17, 15) is 9.90 Å². The molecule has 2 aromatic carbocycles. The molecular weight excluding hydrogens is 426 g/mol. The molecule has 0 bridgehead atoms. The van der Waals surface area contributed by atoms with Crippen molar-refractivity contribution in [2.45, 2.75) is 44.5 Å². The van der Waals surface area contributed by atoms with Gasteiger partial charge in [0, 0.05) is 23.7 Å². The van der Waals surface area contributed by atoms with Crippen molar-refractivity contribution in [3.8, 4) is 22.5 Å². The predicted molar refractivity (Wildman–Crippen MR) is 131 cm³/mol. The highest BCUT2D eigenvalue weighted by atomic mass is 16.3. The zero-order chi connectivity index (χ0) is 23.7. The van der Waals surface area contributed by atoms with E-state index in [1.807, 2.05) is 42.5 Å². The number of nitrogens with zero attached hydrogens (tertiary/aromatic N) is 4. The molecule has 4 aromatic rings. The summed E-state index contributed by atoms with van der Waals surface area (Å²) < 4.78 is 1.64. The lowest BCUT2D eigenvalue weighted by atomic mass is 9.80. The van der Waals surface area contributed by atoms with Gasteiger partial charge in [0.05, 0.1) is 24.2 Å². The largest absolute Gasteiger partial charge is 0.388 e. The standard InChI is InChI=1S/C27H27N5O2/c1-27(2)21(14-24(33)20-10-8-19(9-11-20)18-6-4-3-5-7-18)26-31-23(22-12-13-28-16-29-22)15-25(34)32(26)17-30-27/h3-13,15-16,21,24,30,33H,14,17H2,1-2H3/t21?,24-/m0/s1. The van der Waals surface area contributed by atoms with Crippen LogP contribution in [-0.2, 0) is 6.67 Å². The number of aromatic nitrogens is 4. The molecule has 2 atom stereocenters. The Morgan fingerprint density at radius 2 is 1.79 bits per heavy atom. The highest BCUT2D eigenvalue weighted by Crippen LogP contribution is 2.38. The molecule has 0 radical (unpaired) electrons. The molecule has 2 aromatic heterocycles.